The van der Waals surface area contributed by atoms with Gasteiger partial charge in [-0.05, 0) is 48.4 Å². The first-order valence-electron chi connectivity index (χ1n) is 7.57. The summed E-state index contributed by atoms with van der Waals surface area (Å²) in [7, 11) is 0. The van der Waals surface area contributed by atoms with E-state index in [9.17, 15) is 0 Å². The molecule has 0 unspecified atom stereocenters. The fourth-order valence-electron chi connectivity index (χ4n) is 2.69. The second-order valence-electron chi connectivity index (χ2n) is 5.52. The average molecular weight is 457 g/mol. The maximum atomic E-state index is 5.43. The van der Waals surface area contributed by atoms with Gasteiger partial charge in [0.2, 0.25) is 13.6 Å². The Labute approximate surface area is 156 Å². The van der Waals surface area contributed by atoms with Gasteiger partial charge in [0, 0.05) is 15.5 Å². The molecule has 24 heavy (non-hydrogen) atoms. The third-order valence-corrected chi connectivity index (χ3v) is 5.45. The predicted molar refractivity (Wildman–Crippen MR) is 95.9 cm³/mol. The normalized spacial score (nSPS) is 14.2. The van der Waals surface area contributed by atoms with Gasteiger partial charge >= 0.3 is 0 Å². The Kier molecular flexibility index (Phi) is 4.56. The third kappa shape index (κ3) is 3.20. The Balaban J connectivity index is 1.35. The maximum absolute atomic E-state index is 5.43. The van der Waals surface area contributed by atoms with Gasteiger partial charge < -0.3 is 24.3 Å². The van der Waals surface area contributed by atoms with Gasteiger partial charge in [-0.1, -0.05) is 31.9 Å². The lowest BCUT2D eigenvalue weighted by Gasteiger charge is -2.10. The van der Waals surface area contributed by atoms with E-state index in [1.54, 1.807) is 0 Å². The number of hydrogen-bond acceptors (Lipinski definition) is 5. The number of hydrogen-bond donors (Lipinski definition) is 1. The molecule has 0 aromatic heterocycles. The summed E-state index contributed by atoms with van der Waals surface area (Å²) in [6, 6.07) is 7.96. The molecule has 0 amide bonds. The standard InChI is InChI=1S/C17H15Br2NO4/c18-12-5-16-14(21-8-23-16)3-10(12)1-2-20-7-11-4-15-17(6-13(11)19)24-9-22-15/h3-6,20H,1-2,7-9H2. The Bertz CT molecular complexity index is 716. The zero-order valence-corrected chi connectivity index (χ0v) is 15.9. The van der Waals surface area contributed by atoms with Crippen LogP contribution in [0.15, 0.2) is 33.2 Å². The Hall–Kier alpha value is -1.44. The molecule has 7 heteroatoms. The summed E-state index contributed by atoms with van der Waals surface area (Å²) >= 11 is 7.17. The summed E-state index contributed by atoms with van der Waals surface area (Å²) in [5.41, 5.74) is 2.33. The lowest BCUT2D eigenvalue weighted by atomic mass is 10.1. The predicted octanol–water partition coefficient (Wildman–Crippen LogP) is 4.00. The summed E-state index contributed by atoms with van der Waals surface area (Å²) in [5, 5.41) is 3.46. The molecule has 0 spiro atoms. The van der Waals surface area contributed by atoms with Crippen molar-refractivity contribution in [2.24, 2.45) is 0 Å². The molecule has 2 aliphatic rings. The van der Waals surface area contributed by atoms with E-state index in [2.05, 4.69) is 37.2 Å². The number of benzene rings is 2. The van der Waals surface area contributed by atoms with E-state index in [0.29, 0.717) is 6.79 Å². The molecule has 2 heterocycles. The number of nitrogens with one attached hydrogen (secondary N) is 1. The van der Waals surface area contributed by atoms with Crippen LogP contribution in [0.3, 0.4) is 0 Å². The van der Waals surface area contributed by atoms with Gasteiger partial charge in [0.1, 0.15) is 0 Å². The van der Waals surface area contributed by atoms with Crippen LogP contribution in [0.5, 0.6) is 23.0 Å². The average Bonchev–Trinajstić information content (AvgIpc) is 3.19. The van der Waals surface area contributed by atoms with Crippen molar-refractivity contribution >= 4 is 31.9 Å². The first kappa shape index (κ1) is 16.1. The molecule has 4 rings (SSSR count). The van der Waals surface area contributed by atoms with Crippen LogP contribution in [-0.4, -0.2) is 20.1 Å². The van der Waals surface area contributed by atoms with Gasteiger partial charge in [-0.25, -0.2) is 0 Å². The molecule has 0 atom stereocenters. The first-order chi connectivity index (χ1) is 11.7. The number of rotatable bonds is 5. The van der Waals surface area contributed by atoms with Crippen molar-refractivity contribution in [3.8, 4) is 23.0 Å². The molecule has 0 aliphatic carbocycles. The highest BCUT2D eigenvalue weighted by Crippen LogP contribution is 2.38. The number of ether oxygens (including phenoxy) is 4. The lowest BCUT2D eigenvalue weighted by molar-refractivity contribution is 0.173. The van der Waals surface area contributed by atoms with Crippen molar-refractivity contribution in [1.82, 2.24) is 5.32 Å². The van der Waals surface area contributed by atoms with Crippen LogP contribution in [-0.2, 0) is 13.0 Å². The van der Waals surface area contributed by atoms with Crippen LogP contribution in [0, 0.1) is 0 Å². The second-order valence-corrected chi connectivity index (χ2v) is 7.23. The SMILES string of the molecule is Brc1cc2c(cc1CCNCc1cc3c(cc1Br)OCO3)OCO2. The molecular weight excluding hydrogens is 442 g/mol. The molecule has 126 valence electrons. The van der Waals surface area contributed by atoms with Crippen LogP contribution in [0.4, 0.5) is 0 Å². The van der Waals surface area contributed by atoms with Gasteiger partial charge in [-0.15, -0.1) is 0 Å². The summed E-state index contributed by atoms with van der Waals surface area (Å²) in [5.74, 6) is 3.19. The zero-order valence-electron chi connectivity index (χ0n) is 12.7. The Morgan fingerprint density at radius 3 is 1.88 bits per heavy atom. The Morgan fingerprint density at radius 2 is 1.25 bits per heavy atom. The second kappa shape index (κ2) is 6.82. The topological polar surface area (TPSA) is 49.0 Å². The summed E-state index contributed by atoms with van der Waals surface area (Å²) in [6.45, 7) is 2.18. The zero-order chi connectivity index (χ0) is 16.5. The van der Waals surface area contributed by atoms with E-state index < -0.39 is 0 Å². The molecule has 0 saturated heterocycles. The van der Waals surface area contributed by atoms with Crippen LogP contribution in [0.2, 0.25) is 0 Å². The molecule has 5 nitrogen and oxygen atoms in total. The minimum absolute atomic E-state index is 0.288. The van der Waals surface area contributed by atoms with Crippen molar-refractivity contribution in [3.63, 3.8) is 0 Å². The monoisotopic (exact) mass is 455 g/mol. The summed E-state index contributed by atoms with van der Waals surface area (Å²) < 4.78 is 23.7. The molecule has 0 bridgehead atoms. The van der Waals surface area contributed by atoms with Crippen molar-refractivity contribution in [3.05, 3.63) is 44.3 Å². The summed E-state index contributed by atoms with van der Waals surface area (Å²) in [6.07, 6.45) is 0.888. The van der Waals surface area contributed by atoms with Gasteiger partial charge in [0.05, 0.1) is 0 Å². The van der Waals surface area contributed by atoms with E-state index in [1.807, 2.05) is 24.3 Å². The van der Waals surface area contributed by atoms with E-state index in [4.69, 9.17) is 18.9 Å². The van der Waals surface area contributed by atoms with Crippen molar-refractivity contribution in [1.29, 1.82) is 0 Å². The molecule has 2 aromatic carbocycles. The van der Waals surface area contributed by atoms with Gasteiger partial charge in [0.15, 0.2) is 23.0 Å². The lowest BCUT2D eigenvalue weighted by Crippen LogP contribution is -2.17. The van der Waals surface area contributed by atoms with E-state index in [-0.39, 0.29) is 6.79 Å². The number of fused-ring (bicyclic) bond motifs is 2. The highest BCUT2D eigenvalue weighted by Gasteiger charge is 2.17. The van der Waals surface area contributed by atoms with Crippen molar-refractivity contribution in [2.45, 2.75) is 13.0 Å². The quantitative estimate of drug-likeness (QED) is 0.689. The Morgan fingerprint density at radius 1 is 0.750 bits per heavy atom. The first-order valence-corrected chi connectivity index (χ1v) is 9.16. The molecule has 2 aromatic rings. The van der Waals surface area contributed by atoms with Crippen molar-refractivity contribution in [2.75, 3.05) is 20.1 Å². The largest absolute Gasteiger partial charge is 0.454 e. The van der Waals surface area contributed by atoms with Crippen LogP contribution in [0.25, 0.3) is 0 Å². The van der Waals surface area contributed by atoms with Crippen LogP contribution < -0.4 is 24.3 Å². The molecule has 0 radical (unpaired) electrons. The van der Waals surface area contributed by atoms with Crippen LogP contribution >= 0.6 is 31.9 Å². The minimum atomic E-state index is 0.288. The maximum Gasteiger partial charge on any atom is 0.231 e. The molecule has 0 fully saturated rings. The molecule has 0 saturated carbocycles. The number of halogens is 2. The minimum Gasteiger partial charge on any atom is -0.454 e. The van der Waals surface area contributed by atoms with Crippen LogP contribution in [0.1, 0.15) is 11.1 Å². The van der Waals surface area contributed by atoms with Gasteiger partial charge in [-0.2, -0.15) is 0 Å². The van der Waals surface area contributed by atoms with E-state index >= 15 is 0 Å². The molecule has 1 N–H and O–H groups in total. The summed E-state index contributed by atoms with van der Waals surface area (Å²) in [4.78, 5) is 0. The fraction of sp³-hybridized carbons (Fsp3) is 0.294. The smallest absolute Gasteiger partial charge is 0.231 e. The van der Waals surface area contributed by atoms with E-state index in [0.717, 1.165) is 57.0 Å². The molecular formula is C17H15Br2NO4. The molecule has 2 aliphatic heterocycles. The van der Waals surface area contributed by atoms with Gasteiger partial charge in [-0.3, -0.25) is 0 Å². The highest BCUT2D eigenvalue weighted by molar-refractivity contribution is 9.10. The van der Waals surface area contributed by atoms with Gasteiger partial charge in [0.25, 0.3) is 0 Å². The highest BCUT2D eigenvalue weighted by atomic mass is 79.9. The van der Waals surface area contributed by atoms with Crippen molar-refractivity contribution < 1.29 is 18.9 Å². The third-order valence-electron chi connectivity index (χ3n) is 3.97. The van der Waals surface area contributed by atoms with E-state index in [1.165, 1.54) is 5.56 Å². The fourth-order valence-corrected chi connectivity index (χ4v) is 3.67.